The Kier molecular flexibility index (Phi) is 10.7. The Balaban J connectivity index is 0.00000300. The number of aliphatic imine (C=N–C) groups is 1. The molecule has 166 valence electrons. The van der Waals surface area contributed by atoms with Gasteiger partial charge in [-0.3, -0.25) is 4.99 Å². The van der Waals surface area contributed by atoms with Crippen LogP contribution in [0.15, 0.2) is 23.7 Å². The van der Waals surface area contributed by atoms with Crippen molar-refractivity contribution in [2.45, 2.75) is 39.2 Å². The van der Waals surface area contributed by atoms with Gasteiger partial charge in [-0.05, 0) is 58.8 Å². The number of hydrogen-bond donors (Lipinski definition) is 1. The Morgan fingerprint density at radius 3 is 2.83 bits per heavy atom. The van der Waals surface area contributed by atoms with Crippen LogP contribution in [0.2, 0.25) is 0 Å². The van der Waals surface area contributed by atoms with Crippen LogP contribution in [0, 0.1) is 5.92 Å². The van der Waals surface area contributed by atoms with E-state index in [4.69, 9.17) is 4.99 Å². The second-order valence-electron chi connectivity index (χ2n) is 8.38. The van der Waals surface area contributed by atoms with E-state index in [2.05, 4.69) is 56.7 Å². The van der Waals surface area contributed by atoms with Crippen LogP contribution in [0.1, 0.15) is 39.2 Å². The maximum atomic E-state index is 4.97. The van der Waals surface area contributed by atoms with Gasteiger partial charge in [-0.2, -0.15) is 0 Å². The number of hydrogen-bond acceptors (Lipinski definition) is 4. The Morgan fingerprint density at radius 2 is 2.07 bits per heavy atom. The van der Waals surface area contributed by atoms with Crippen LogP contribution in [0.4, 0.5) is 0 Å². The highest BCUT2D eigenvalue weighted by molar-refractivity contribution is 14.0. The lowest BCUT2D eigenvalue weighted by Gasteiger charge is -2.39. The summed E-state index contributed by atoms with van der Waals surface area (Å²) in [7, 11) is 2.23. The Hall–Kier alpha value is -0.870. The van der Waals surface area contributed by atoms with Gasteiger partial charge < -0.3 is 24.6 Å². The lowest BCUT2D eigenvalue weighted by Crippen LogP contribution is -2.49. The van der Waals surface area contributed by atoms with Gasteiger partial charge in [0, 0.05) is 51.7 Å². The van der Waals surface area contributed by atoms with Gasteiger partial charge in [0.05, 0.1) is 12.4 Å². The number of rotatable bonds is 6. The quantitative estimate of drug-likeness (QED) is 0.272. The number of halogens is 1. The fraction of sp³-hybridized carbons (Fsp3) is 0.810. The van der Waals surface area contributed by atoms with Crippen molar-refractivity contribution in [2.75, 3.05) is 66.0 Å². The van der Waals surface area contributed by atoms with Crippen LogP contribution < -0.4 is 5.32 Å². The van der Waals surface area contributed by atoms with Crippen molar-refractivity contribution in [3.63, 3.8) is 0 Å². The van der Waals surface area contributed by atoms with Gasteiger partial charge in [-0.15, -0.1) is 24.0 Å². The van der Waals surface area contributed by atoms with Gasteiger partial charge in [0.25, 0.3) is 0 Å². The molecule has 1 aromatic rings. The van der Waals surface area contributed by atoms with E-state index >= 15 is 0 Å². The van der Waals surface area contributed by atoms with E-state index in [0.29, 0.717) is 12.0 Å². The highest BCUT2D eigenvalue weighted by Crippen LogP contribution is 2.27. The van der Waals surface area contributed by atoms with Crippen LogP contribution in [-0.4, -0.2) is 96.2 Å². The monoisotopic (exact) mass is 517 g/mol. The predicted molar refractivity (Wildman–Crippen MR) is 131 cm³/mol. The molecule has 1 aromatic heterocycles. The Bertz CT molecular complexity index is 592. The second-order valence-corrected chi connectivity index (χ2v) is 8.38. The zero-order chi connectivity index (χ0) is 19.8. The molecule has 8 heteroatoms. The zero-order valence-electron chi connectivity index (χ0n) is 18.5. The Labute approximate surface area is 193 Å². The number of aromatic nitrogens is 2. The van der Waals surface area contributed by atoms with E-state index in [0.717, 1.165) is 45.1 Å². The summed E-state index contributed by atoms with van der Waals surface area (Å²) in [5.41, 5.74) is 0. The molecule has 2 aliphatic rings. The van der Waals surface area contributed by atoms with Gasteiger partial charge in [0.1, 0.15) is 0 Å². The minimum Gasteiger partial charge on any atom is -0.357 e. The average Bonchev–Trinajstić information content (AvgIpc) is 3.15. The minimum absolute atomic E-state index is 0. The van der Waals surface area contributed by atoms with Crippen LogP contribution in [0.3, 0.4) is 0 Å². The first-order chi connectivity index (χ1) is 13.7. The topological polar surface area (TPSA) is 51.9 Å². The van der Waals surface area contributed by atoms with E-state index < -0.39 is 0 Å². The minimum atomic E-state index is 0. The van der Waals surface area contributed by atoms with Gasteiger partial charge in [0.15, 0.2) is 5.96 Å². The van der Waals surface area contributed by atoms with Crippen molar-refractivity contribution < 1.29 is 0 Å². The molecule has 0 bridgehead atoms. The molecule has 2 atom stereocenters. The summed E-state index contributed by atoms with van der Waals surface area (Å²) in [5, 5.41) is 3.52. The summed E-state index contributed by atoms with van der Waals surface area (Å²) in [6.07, 6.45) is 9.53. The molecule has 2 aliphatic heterocycles. The molecule has 2 saturated heterocycles. The molecular weight excluding hydrogens is 477 g/mol. The third-order valence-corrected chi connectivity index (χ3v) is 6.17. The van der Waals surface area contributed by atoms with Crippen molar-refractivity contribution in [2.24, 2.45) is 10.9 Å². The molecule has 3 rings (SSSR count). The lowest BCUT2D eigenvalue weighted by molar-refractivity contribution is 0.189. The number of nitrogens with zero attached hydrogens (tertiary/aromatic N) is 6. The third kappa shape index (κ3) is 7.40. The van der Waals surface area contributed by atoms with Crippen LogP contribution in [-0.2, 0) is 0 Å². The van der Waals surface area contributed by atoms with Gasteiger partial charge in [0.2, 0.25) is 0 Å². The highest BCUT2D eigenvalue weighted by Gasteiger charge is 2.28. The molecule has 0 radical (unpaired) electrons. The summed E-state index contributed by atoms with van der Waals surface area (Å²) in [6, 6.07) is 0.467. The summed E-state index contributed by atoms with van der Waals surface area (Å²) < 4.78 is 2.26. The molecule has 2 fully saturated rings. The summed E-state index contributed by atoms with van der Waals surface area (Å²) in [5.74, 6) is 1.74. The number of likely N-dealkylation sites (tertiary alicyclic amines) is 1. The fourth-order valence-corrected chi connectivity index (χ4v) is 4.32. The number of likely N-dealkylation sites (N-methyl/N-ethyl adjacent to an activating group) is 1. The first kappa shape index (κ1) is 24.4. The molecule has 0 aromatic carbocycles. The molecule has 29 heavy (non-hydrogen) atoms. The first-order valence-corrected chi connectivity index (χ1v) is 11.1. The molecule has 7 nitrogen and oxygen atoms in total. The van der Waals surface area contributed by atoms with E-state index in [9.17, 15) is 0 Å². The molecular formula is C21H40IN7. The molecule has 2 unspecified atom stereocenters. The largest absolute Gasteiger partial charge is 0.357 e. The van der Waals surface area contributed by atoms with Gasteiger partial charge in [-0.1, -0.05) is 6.92 Å². The molecule has 0 aliphatic carbocycles. The molecule has 0 amide bonds. The lowest BCUT2D eigenvalue weighted by atomic mass is 9.93. The summed E-state index contributed by atoms with van der Waals surface area (Å²) in [4.78, 5) is 16.7. The van der Waals surface area contributed by atoms with Crippen molar-refractivity contribution in [1.29, 1.82) is 0 Å². The van der Waals surface area contributed by atoms with E-state index in [1.807, 2.05) is 12.5 Å². The van der Waals surface area contributed by atoms with Gasteiger partial charge >= 0.3 is 0 Å². The van der Waals surface area contributed by atoms with Gasteiger partial charge in [-0.25, -0.2) is 4.98 Å². The standard InChI is InChI=1S/C21H39N7.HI/c1-4-23-21(24-8-5-11-26-12-6-10-25(3)15-16-26)27-13-7-19(2)20(17-27)28-14-9-22-18-28;/h9,14,18-20H,4-8,10-13,15-17H2,1-3H3,(H,23,24);1H. The maximum Gasteiger partial charge on any atom is 0.193 e. The van der Waals surface area contributed by atoms with Crippen molar-refractivity contribution in [1.82, 2.24) is 29.6 Å². The summed E-state index contributed by atoms with van der Waals surface area (Å²) in [6.45, 7) is 14.4. The number of imidazole rings is 1. The smallest absolute Gasteiger partial charge is 0.193 e. The zero-order valence-corrected chi connectivity index (χ0v) is 20.8. The van der Waals surface area contributed by atoms with Crippen LogP contribution in [0.25, 0.3) is 0 Å². The third-order valence-electron chi connectivity index (χ3n) is 6.17. The number of guanidine groups is 1. The number of nitrogens with one attached hydrogen (secondary N) is 1. The normalized spacial score (nSPS) is 24.8. The van der Waals surface area contributed by atoms with Crippen molar-refractivity contribution >= 4 is 29.9 Å². The molecule has 3 heterocycles. The fourth-order valence-electron chi connectivity index (χ4n) is 4.32. The van der Waals surface area contributed by atoms with Crippen molar-refractivity contribution in [3.8, 4) is 0 Å². The highest BCUT2D eigenvalue weighted by atomic mass is 127. The average molecular weight is 518 g/mol. The first-order valence-electron chi connectivity index (χ1n) is 11.1. The van der Waals surface area contributed by atoms with Crippen LogP contribution >= 0.6 is 24.0 Å². The second kappa shape index (κ2) is 12.7. The van der Waals surface area contributed by atoms with Crippen molar-refractivity contribution in [3.05, 3.63) is 18.7 Å². The summed E-state index contributed by atoms with van der Waals surface area (Å²) >= 11 is 0. The van der Waals surface area contributed by atoms with Crippen LogP contribution in [0.5, 0.6) is 0 Å². The molecule has 0 saturated carbocycles. The molecule has 1 N–H and O–H groups in total. The number of piperidine rings is 1. The van der Waals surface area contributed by atoms with E-state index in [1.54, 1.807) is 0 Å². The Morgan fingerprint density at radius 1 is 1.21 bits per heavy atom. The predicted octanol–water partition coefficient (Wildman–Crippen LogP) is 2.38. The van der Waals surface area contributed by atoms with E-state index in [1.165, 1.54) is 39.0 Å². The maximum absolute atomic E-state index is 4.97. The van der Waals surface area contributed by atoms with E-state index in [-0.39, 0.29) is 24.0 Å². The SMILES string of the molecule is CCNC(=NCCCN1CCCN(C)CC1)N1CCC(C)C(n2ccnc2)C1.I. The molecule has 0 spiro atoms.